The molecule has 0 amide bonds. The third kappa shape index (κ3) is 7.43. The number of nitrogens with zero attached hydrogens (tertiary/aromatic N) is 2. The zero-order valence-electron chi connectivity index (χ0n) is 18.9. The van der Waals surface area contributed by atoms with Gasteiger partial charge in [-0.05, 0) is 50.6 Å². The van der Waals surface area contributed by atoms with Crippen LogP contribution in [0.3, 0.4) is 0 Å². The van der Waals surface area contributed by atoms with Crippen LogP contribution in [0.25, 0.3) is 0 Å². The lowest BCUT2D eigenvalue weighted by atomic mass is 10.0. The predicted octanol–water partition coefficient (Wildman–Crippen LogP) is 3.18. The van der Waals surface area contributed by atoms with Crippen molar-refractivity contribution in [2.45, 2.75) is 32.4 Å². The van der Waals surface area contributed by atoms with E-state index in [9.17, 15) is 9.50 Å². The van der Waals surface area contributed by atoms with Crippen LogP contribution >= 0.6 is 24.0 Å². The Morgan fingerprint density at radius 1 is 1.25 bits per heavy atom. The maximum atomic E-state index is 13.9. The number of halogens is 2. The van der Waals surface area contributed by atoms with E-state index in [1.165, 1.54) is 6.07 Å². The summed E-state index contributed by atoms with van der Waals surface area (Å²) in [4.78, 5) is 6.85. The number of aliphatic hydroxyl groups is 1. The van der Waals surface area contributed by atoms with E-state index >= 15 is 0 Å². The van der Waals surface area contributed by atoms with Gasteiger partial charge in [0.25, 0.3) is 0 Å². The molecule has 1 aliphatic heterocycles. The van der Waals surface area contributed by atoms with Crippen molar-refractivity contribution in [2.75, 3.05) is 45.9 Å². The molecule has 2 heterocycles. The van der Waals surface area contributed by atoms with Crippen molar-refractivity contribution < 1.29 is 18.7 Å². The van der Waals surface area contributed by atoms with Gasteiger partial charge in [-0.1, -0.05) is 12.1 Å². The molecule has 2 unspecified atom stereocenters. The molecule has 9 heteroatoms. The van der Waals surface area contributed by atoms with Crippen molar-refractivity contribution in [1.29, 1.82) is 0 Å². The molecule has 0 radical (unpaired) electrons. The number of ether oxygens (including phenoxy) is 1. The topological polar surface area (TPSA) is 82.3 Å². The molecule has 2 atom stereocenters. The molecule has 32 heavy (non-hydrogen) atoms. The summed E-state index contributed by atoms with van der Waals surface area (Å²) < 4.78 is 25.0. The van der Waals surface area contributed by atoms with Crippen molar-refractivity contribution in [3.05, 3.63) is 59.3 Å². The van der Waals surface area contributed by atoms with Crippen LogP contribution in [0.5, 0.6) is 0 Å². The van der Waals surface area contributed by atoms with Gasteiger partial charge in [-0.3, -0.25) is 4.90 Å². The second-order valence-electron chi connectivity index (χ2n) is 7.98. The summed E-state index contributed by atoms with van der Waals surface area (Å²) in [5.74, 6) is 1.56. The van der Waals surface area contributed by atoms with Gasteiger partial charge in [0.15, 0.2) is 5.96 Å². The van der Waals surface area contributed by atoms with Gasteiger partial charge >= 0.3 is 0 Å². The van der Waals surface area contributed by atoms with Crippen LogP contribution < -0.4 is 10.6 Å². The fourth-order valence-electron chi connectivity index (χ4n) is 3.63. The first kappa shape index (κ1) is 26.6. The van der Waals surface area contributed by atoms with E-state index in [0.717, 1.165) is 24.4 Å². The Labute approximate surface area is 206 Å². The fourth-order valence-corrected chi connectivity index (χ4v) is 3.63. The molecule has 1 aromatic heterocycles. The number of aryl methyl sites for hydroxylation is 1. The van der Waals surface area contributed by atoms with Gasteiger partial charge < -0.3 is 24.9 Å². The van der Waals surface area contributed by atoms with E-state index in [1.807, 2.05) is 26.0 Å². The van der Waals surface area contributed by atoms with Gasteiger partial charge in [0.05, 0.1) is 25.8 Å². The molecule has 0 bridgehead atoms. The molecule has 3 N–H and O–H groups in total. The summed E-state index contributed by atoms with van der Waals surface area (Å²) in [5.41, 5.74) is -0.314. The lowest BCUT2D eigenvalue weighted by Gasteiger charge is -2.35. The van der Waals surface area contributed by atoms with Crippen LogP contribution in [0, 0.1) is 12.7 Å². The van der Waals surface area contributed by atoms with Crippen molar-refractivity contribution >= 4 is 29.9 Å². The number of rotatable bonds is 8. The van der Waals surface area contributed by atoms with E-state index in [-0.39, 0.29) is 42.4 Å². The number of hydrogen-bond acceptors (Lipinski definition) is 5. The van der Waals surface area contributed by atoms with Crippen LogP contribution in [0.2, 0.25) is 0 Å². The fraction of sp³-hybridized carbons (Fsp3) is 0.522. The second kappa shape index (κ2) is 12.5. The predicted molar refractivity (Wildman–Crippen MR) is 134 cm³/mol. The maximum Gasteiger partial charge on any atom is 0.191 e. The molecular weight excluding hydrogens is 526 g/mol. The van der Waals surface area contributed by atoms with Crippen LogP contribution in [0.15, 0.2) is 45.8 Å². The zero-order chi connectivity index (χ0) is 22.3. The summed E-state index contributed by atoms with van der Waals surface area (Å²) in [6, 6.07) is 10.3. The highest BCUT2D eigenvalue weighted by Gasteiger charge is 2.27. The van der Waals surface area contributed by atoms with Crippen molar-refractivity contribution in [1.82, 2.24) is 15.5 Å². The number of hydrogen-bond donors (Lipinski definition) is 3. The van der Waals surface area contributed by atoms with E-state index in [2.05, 4.69) is 20.5 Å². The van der Waals surface area contributed by atoms with E-state index < -0.39 is 5.60 Å². The van der Waals surface area contributed by atoms with Crippen molar-refractivity contribution in [3.63, 3.8) is 0 Å². The molecule has 2 aromatic rings. The van der Waals surface area contributed by atoms with E-state index in [1.54, 1.807) is 25.1 Å². The molecule has 7 nitrogen and oxygen atoms in total. The number of guanidine groups is 1. The lowest BCUT2D eigenvalue weighted by molar-refractivity contribution is 0.0169. The first-order valence-electron chi connectivity index (χ1n) is 10.8. The van der Waals surface area contributed by atoms with Crippen LogP contribution in [-0.2, 0) is 10.3 Å². The summed E-state index contributed by atoms with van der Waals surface area (Å²) in [5, 5.41) is 17.4. The minimum atomic E-state index is -1.22. The smallest absolute Gasteiger partial charge is 0.191 e. The highest BCUT2D eigenvalue weighted by atomic mass is 127. The number of furan rings is 1. The lowest BCUT2D eigenvalue weighted by Crippen LogP contribution is -2.46. The normalized spacial score (nSPS) is 17.8. The van der Waals surface area contributed by atoms with Crippen LogP contribution in [0.1, 0.15) is 37.0 Å². The third-order valence-electron chi connectivity index (χ3n) is 5.34. The monoisotopic (exact) mass is 560 g/mol. The highest BCUT2D eigenvalue weighted by Crippen LogP contribution is 2.24. The summed E-state index contributed by atoms with van der Waals surface area (Å²) >= 11 is 0. The van der Waals surface area contributed by atoms with Gasteiger partial charge in [-0.15, -0.1) is 24.0 Å². The van der Waals surface area contributed by atoms with E-state index in [4.69, 9.17) is 9.15 Å². The first-order chi connectivity index (χ1) is 14.9. The Bertz CT molecular complexity index is 868. The molecule has 0 aliphatic carbocycles. The molecule has 0 spiro atoms. The Hall–Kier alpha value is -1.69. The molecule has 1 aliphatic rings. The average molecular weight is 560 g/mol. The highest BCUT2D eigenvalue weighted by molar-refractivity contribution is 14.0. The Kier molecular flexibility index (Phi) is 10.4. The minimum absolute atomic E-state index is 0. The van der Waals surface area contributed by atoms with Gasteiger partial charge in [0.1, 0.15) is 22.9 Å². The molecule has 1 aromatic carbocycles. The Morgan fingerprint density at radius 3 is 2.62 bits per heavy atom. The summed E-state index contributed by atoms with van der Waals surface area (Å²) in [7, 11) is 0. The van der Waals surface area contributed by atoms with Crippen molar-refractivity contribution in [2.24, 2.45) is 4.99 Å². The third-order valence-corrected chi connectivity index (χ3v) is 5.34. The van der Waals surface area contributed by atoms with Crippen molar-refractivity contribution in [3.8, 4) is 0 Å². The summed E-state index contributed by atoms with van der Waals surface area (Å²) in [6.45, 7) is 9.74. The zero-order valence-corrected chi connectivity index (χ0v) is 21.3. The average Bonchev–Trinajstić information content (AvgIpc) is 3.20. The number of nitrogens with one attached hydrogen (secondary N) is 2. The Balaban J connectivity index is 0.00000363. The molecule has 0 saturated carbocycles. The molecule has 3 rings (SSSR count). The largest absolute Gasteiger partial charge is 0.463 e. The molecule has 1 saturated heterocycles. The first-order valence-corrected chi connectivity index (χ1v) is 10.8. The van der Waals surface area contributed by atoms with Crippen LogP contribution in [0.4, 0.5) is 4.39 Å². The van der Waals surface area contributed by atoms with E-state index in [0.29, 0.717) is 38.0 Å². The quantitative estimate of drug-likeness (QED) is 0.262. The number of morpholine rings is 1. The SMILES string of the molecule is CCNC(=NCC(C)(O)c1ccc(C)o1)NCC(c1cccc(F)c1)N1CCOCC1.I. The maximum absolute atomic E-state index is 13.9. The Morgan fingerprint density at radius 2 is 2.00 bits per heavy atom. The molecular formula is C23H34FIN4O3. The number of aliphatic imine (C=N–C) groups is 1. The van der Waals surface area contributed by atoms with Gasteiger partial charge in [0, 0.05) is 26.2 Å². The van der Waals surface area contributed by atoms with Crippen LogP contribution in [-0.4, -0.2) is 61.9 Å². The summed E-state index contributed by atoms with van der Waals surface area (Å²) in [6.07, 6.45) is 0. The minimum Gasteiger partial charge on any atom is -0.463 e. The molecule has 178 valence electrons. The van der Waals surface area contributed by atoms with Gasteiger partial charge in [-0.25, -0.2) is 9.38 Å². The van der Waals surface area contributed by atoms with Gasteiger partial charge in [-0.2, -0.15) is 0 Å². The number of benzene rings is 1. The standard InChI is InChI=1S/C23H33FN4O3.HI/c1-4-25-22(27-16-23(3,29)21-9-8-17(2)31-21)26-15-20(28-10-12-30-13-11-28)18-6-5-7-19(24)14-18;/h5-9,14,20,29H,4,10-13,15-16H2,1-3H3,(H2,25,26,27);1H. The molecule has 1 fully saturated rings. The second-order valence-corrected chi connectivity index (χ2v) is 7.98. The van der Waals surface area contributed by atoms with Gasteiger partial charge in [0.2, 0.25) is 0 Å².